The van der Waals surface area contributed by atoms with Gasteiger partial charge in [-0.1, -0.05) is 5.16 Å². The summed E-state index contributed by atoms with van der Waals surface area (Å²) < 4.78 is 0. The maximum Gasteiger partial charge on any atom is 0.276 e. The fraction of sp³-hybridized carbons (Fsp3) is 0.429. The number of nitrogens with zero attached hydrogens (tertiary/aromatic N) is 3. The lowest BCUT2D eigenvalue weighted by atomic mass is 10.0. The Kier molecular flexibility index (Phi) is 6.69. The first-order valence-electron chi connectivity index (χ1n) is 7.56. The van der Waals surface area contributed by atoms with Crippen molar-refractivity contribution < 1.29 is 24.0 Å². The predicted molar refractivity (Wildman–Crippen MR) is 97.3 cm³/mol. The molecule has 0 aliphatic carbocycles. The van der Waals surface area contributed by atoms with Crippen LogP contribution in [0, 0.1) is 0 Å². The van der Waals surface area contributed by atoms with E-state index in [2.05, 4.69) is 30.9 Å². The van der Waals surface area contributed by atoms with Crippen molar-refractivity contribution in [2.75, 3.05) is 25.4 Å². The van der Waals surface area contributed by atoms with Crippen molar-refractivity contribution >= 4 is 57.4 Å². The van der Waals surface area contributed by atoms with Gasteiger partial charge < -0.3 is 25.7 Å². The molecule has 4 amide bonds. The molecule has 2 unspecified atom stereocenters. The van der Waals surface area contributed by atoms with E-state index in [0.717, 1.165) is 11.3 Å². The average Bonchev–Trinajstić information content (AvgIpc) is 3.09. The summed E-state index contributed by atoms with van der Waals surface area (Å²) >= 11 is 6.48. The third-order valence-corrected chi connectivity index (χ3v) is 4.50. The monoisotopic (exact) mass is 416 g/mol. The zero-order valence-corrected chi connectivity index (χ0v) is 16.2. The molecule has 1 aromatic heterocycles. The van der Waals surface area contributed by atoms with E-state index in [4.69, 9.17) is 11.6 Å². The summed E-state index contributed by atoms with van der Waals surface area (Å²) in [5.41, 5.74) is -0.0514. The van der Waals surface area contributed by atoms with Gasteiger partial charge in [-0.15, -0.1) is 22.9 Å². The summed E-state index contributed by atoms with van der Waals surface area (Å²) in [5, 5.41) is 12.9. The number of thiazole rings is 1. The highest BCUT2D eigenvalue weighted by atomic mass is 35.5. The molecule has 0 aromatic carbocycles. The normalized spacial score (nSPS) is 19.2. The number of aromatic nitrogens is 1. The van der Waals surface area contributed by atoms with E-state index in [0.29, 0.717) is 0 Å². The van der Waals surface area contributed by atoms with Gasteiger partial charge in [-0.05, 0) is 0 Å². The third kappa shape index (κ3) is 4.71. The number of alkyl halides is 1. The number of β-lactam (4-membered cyclic amide) rings is 1. The highest BCUT2D eigenvalue weighted by Crippen LogP contribution is 2.18. The molecule has 1 aliphatic heterocycles. The number of likely N-dealkylation sites (N-methyl/N-ethyl adjacent to an activating group) is 1. The van der Waals surface area contributed by atoms with Crippen LogP contribution in [-0.4, -0.2) is 71.5 Å². The number of carbonyl (C=O) groups excluding carboxylic acids is 4. The van der Waals surface area contributed by atoms with E-state index in [-0.39, 0.29) is 34.2 Å². The summed E-state index contributed by atoms with van der Waals surface area (Å²) in [4.78, 5) is 57.2. The van der Waals surface area contributed by atoms with E-state index >= 15 is 0 Å². The fourth-order valence-electron chi connectivity index (χ4n) is 2.26. The van der Waals surface area contributed by atoms with Gasteiger partial charge in [-0.25, -0.2) is 4.98 Å². The Morgan fingerprint density at radius 1 is 1.41 bits per heavy atom. The Bertz CT molecular complexity index is 797. The minimum Gasteiger partial charge on any atom is -0.398 e. The lowest BCUT2D eigenvalue weighted by Crippen LogP contribution is -2.74. The predicted octanol–water partition coefficient (Wildman–Crippen LogP) is -0.910. The van der Waals surface area contributed by atoms with Crippen LogP contribution in [0.15, 0.2) is 10.5 Å². The van der Waals surface area contributed by atoms with Gasteiger partial charge in [-0.3, -0.25) is 19.2 Å². The van der Waals surface area contributed by atoms with Gasteiger partial charge in [0.15, 0.2) is 10.8 Å². The molecule has 1 saturated heterocycles. The summed E-state index contributed by atoms with van der Waals surface area (Å²) in [7, 11) is 2.75. The Morgan fingerprint density at radius 2 is 2.11 bits per heavy atom. The SMILES string of the molecule is CON=C(C(=O)NC1C(=O)N(C)C1NC(C)=O)c1csc(NC(=O)CCl)n1. The zero-order chi connectivity index (χ0) is 20.1. The fourth-order valence-corrected chi connectivity index (χ4v) is 3.04. The Hall–Kier alpha value is -2.73. The second-order valence-electron chi connectivity index (χ2n) is 5.39. The maximum absolute atomic E-state index is 12.6. The number of anilines is 1. The number of halogens is 1. The summed E-state index contributed by atoms with van der Waals surface area (Å²) in [5.74, 6) is -2.13. The van der Waals surface area contributed by atoms with E-state index in [1.54, 1.807) is 0 Å². The highest BCUT2D eigenvalue weighted by molar-refractivity contribution is 7.14. The van der Waals surface area contributed by atoms with E-state index in [9.17, 15) is 19.2 Å². The number of nitrogens with one attached hydrogen (secondary N) is 3. The minimum atomic E-state index is -0.942. The molecule has 146 valence electrons. The van der Waals surface area contributed by atoms with Gasteiger partial charge in [0.05, 0.1) is 0 Å². The minimum absolute atomic E-state index is 0.139. The molecule has 2 heterocycles. The van der Waals surface area contributed by atoms with Crippen molar-refractivity contribution in [2.24, 2.45) is 5.16 Å². The van der Waals surface area contributed by atoms with Crippen LogP contribution >= 0.6 is 22.9 Å². The van der Waals surface area contributed by atoms with Gasteiger partial charge in [0.1, 0.15) is 30.9 Å². The number of likely N-dealkylation sites (tertiary alicyclic amines) is 1. The number of carbonyl (C=O) groups is 4. The topological polar surface area (TPSA) is 142 Å². The van der Waals surface area contributed by atoms with Crippen molar-refractivity contribution in [3.8, 4) is 0 Å². The zero-order valence-electron chi connectivity index (χ0n) is 14.6. The second-order valence-corrected chi connectivity index (χ2v) is 6.51. The van der Waals surface area contributed by atoms with Gasteiger partial charge in [0.25, 0.3) is 11.8 Å². The summed E-state index contributed by atoms with van der Waals surface area (Å²) in [6.07, 6.45) is -0.670. The molecule has 3 N–H and O–H groups in total. The third-order valence-electron chi connectivity index (χ3n) is 3.50. The largest absolute Gasteiger partial charge is 0.398 e. The van der Waals surface area contributed by atoms with Crippen molar-refractivity contribution in [2.45, 2.75) is 19.1 Å². The van der Waals surface area contributed by atoms with Crippen molar-refractivity contribution in [1.29, 1.82) is 0 Å². The van der Waals surface area contributed by atoms with Crippen LogP contribution in [0.3, 0.4) is 0 Å². The molecule has 11 nitrogen and oxygen atoms in total. The van der Waals surface area contributed by atoms with Gasteiger partial charge >= 0.3 is 0 Å². The van der Waals surface area contributed by atoms with Crippen LogP contribution in [0.2, 0.25) is 0 Å². The quantitative estimate of drug-likeness (QED) is 0.227. The Morgan fingerprint density at radius 3 is 2.70 bits per heavy atom. The van der Waals surface area contributed by atoms with Crippen LogP contribution in [0.4, 0.5) is 5.13 Å². The molecule has 1 aliphatic rings. The maximum atomic E-state index is 12.6. The van der Waals surface area contributed by atoms with Crippen LogP contribution in [-0.2, 0) is 24.0 Å². The van der Waals surface area contributed by atoms with E-state index < -0.39 is 24.0 Å². The number of amides is 4. The van der Waals surface area contributed by atoms with Gasteiger partial charge in [-0.2, -0.15) is 0 Å². The number of hydrogen-bond acceptors (Lipinski definition) is 8. The first-order valence-corrected chi connectivity index (χ1v) is 8.97. The van der Waals surface area contributed by atoms with Gasteiger partial charge in [0.2, 0.25) is 11.8 Å². The highest BCUT2D eigenvalue weighted by Gasteiger charge is 2.47. The smallest absolute Gasteiger partial charge is 0.276 e. The summed E-state index contributed by atoms with van der Waals surface area (Å²) in [6.45, 7) is 1.30. The first-order chi connectivity index (χ1) is 12.8. The average molecular weight is 417 g/mol. The molecule has 1 fully saturated rings. The Labute approximate surface area is 163 Å². The molecule has 0 bridgehead atoms. The lowest BCUT2D eigenvalue weighted by Gasteiger charge is -2.44. The van der Waals surface area contributed by atoms with E-state index in [1.165, 1.54) is 31.4 Å². The Balaban J connectivity index is 2.14. The van der Waals surface area contributed by atoms with Crippen LogP contribution in [0.5, 0.6) is 0 Å². The van der Waals surface area contributed by atoms with Crippen molar-refractivity contribution in [3.05, 3.63) is 11.1 Å². The molecular weight excluding hydrogens is 400 g/mol. The lowest BCUT2D eigenvalue weighted by molar-refractivity contribution is -0.153. The molecule has 0 saturated carbocycles. The molecule has 0 radical (unpaired) electrons. The van der Waals surface area contributed by atoms with Crippen molar-refractivity contribution in [1.82, 2.24) is 20.5 Å². The standard InChI is InChI=1S/C14H17ClN6O5S/c1-6(22)16-11-10(13(25)21(11)2)19-12(24)9(20-26-3)7-5-27-14(17-7)18-8(23)4-15/h5,10-11H,4H2,1-3H3,(H,16,22)(H,19,24)(H,17,18,23). The first kappa shape index (κ1) is 20.6. The van der Waals surface area contributed by atoms with Crippen LogP contribution < -0.4 is 16.0 Å². The molecule has 27 heavy (non-hydrogen) atoms. The van der Waals surface area contributed by atoms with Crippen LogP contribution in [0.25, 0.3) is 0 Å². The number of rotatable bonds is 7. The number of hydrogen-bond donors (Lipinski definition) is 3. The van der Waals surface area contributed by atoms with Gasteiger partial charge in [0, 0.05) is 19.4 Å². The number of oxime groups is 1. The molecule has 1 aromatic rings. The van der Waals surface area contributed by atoms with E-state index in [1.807, 2.05) is 0 Å². The molecular formula is C14H17ClN6O5S. The summed E-state index contributed by atoms with van der Waals surface area (Å²) in [6, 6.07) is -0.942. The molecule has 13 heteroatoms. The molecule has 2 rings (SSSR count). The molecule has 2 atom stereocenters. The van der Waals surface area contributed by atoms with Crippen LogP contribution in [0.1, 0.15) is 12.6 Å². The second kappa shape index (κ2) is 8.77. The van der Waals surface area contributed by atoms with Crippen molar-refractivity contribution in [3.63, 3.8) is 0 Å². The molecule has 0 spiro atoms.